The van der Waals surface area contributed by atoms with Crippen molar-refractivity contribution in [2.75, 3.05) is 32.7 Å². The maximum Gasteiger partial charge on any atom is 0.245 e. The lowest BCUT2D eigenvalue weighted by Crippen LogP contribution is -2.60. The van der Waals surface area contributed by atoms with Gasteiger partial charge in [0, 0.05) is 37.8 Å². The molecule has 22 heteroatoms. The molecule has 1 aliphatic heterocycles. The number of unbranched alkanes of at least 4 members (excludes halogenated alkanes) is 4. The van der Waals surface area contributed by atoms with E-state index >= 15 is 0 Å². The molecule has 1 fully saturated rings. The molecule has 7 amide bonds. The molecular weight excluding hydrogens is 931 g/mol. The average Bonchev–Trinajstić information content (AvgIpc) is 3.32. The van der Waals surface area contributed by atoms with Gasteiger partial charge < -0.3 is 70.4 Å². The lowest BCUT2D eigenvalue weighted by Gasteiger charge is -2.28. The first kappa shape index (κ1) is 62.7. The van der Waals surface area contributed by atoms with Gasteiger partial charge in [0.1, 0.15) is 24.2 Å². The van der Waals surface area contributed by atoms with E-state index in [-0.39, 0.29) is 83.6 Å². The highest BCUT2D eigenvalue weighted by Gasteiger charge is 2.36. The molecule has 1 aliphatic rings. The Morgan fingerprint density at radius 1 is 0.681 bits per heavy atom. The van der Waals surface area contributed by atoms with Crippen LogP contribution in [0.15, 0.2) is 30.3 Å². The van der Waals surface area contributed by atoms with Gasteiger partial charge in [-0.2, -0.15) is 0 Å². The molecule has 72 heavy (non-hydrogen) atoms. The van der Waals surface area contributed by atoms with E-state index in [1.807, 2.05) is 13.8 Å². The minimum Gasteiger partial charge on any atom is -0.393 e. The summed E-state index contributed by atoms with van der Waals surface area (Å²) >= 11 is 0. The minimum atomic E-state index is -1.65. The highest BCUT2D eigenvalue weighted by atomic mass is 16.3. The summed E-state index contributed by atoms with van der Waals surface area (Å²) in [6, 6.07) is 0.704. The maximum absolute atomic E-state index is 14.3. The van der Waals surface area contributed by atoms with Crippen LogP contribution in [0.25, 0.3) is 0 Å². The van der Waals surface area contributed by atoms with Gasteiger partial charge in [0.2, 0.25) is 41.4 Å². The first-order chi connectivity index (χ1) is 34.3. The number of carbonyl (C=O) groups excluding carboxylic acids is 9. The van der Waals surface area contributed by atoms with Crippen LogP contribution in [-0.4, -0.2) is 144 Å². The number of aliphatic hydroxyl groups is 2. The second-order valence-electron chi connectivity index (χ2n) is 19.3. The number of Topliss-reactive ketones (excluding diaryl/α,β-unsaturated/α-hetero) is 2. The standard InChI is InChI=1S/C50H85N11O11/c1-5-6-7-8-12-15-35(63)28-43(66)56-40(29-54)42(65)26-33-19-23-55-47(69)39(24-30(2)3)60-49(71)37(17-21-52)58-48(70)38(18-22-53)59-50(72)44(31(4)62)61-46(68)34(25-32-13-10-9-11-14-32)27-41(64)36(16-20-51)57-45(33)67/h9-11,13-14,30-31,33-40,44,62-63H,5-8,12,15-29,51-54H2,1-4H3,(H,55,69)(H,56,66)(H,57,67)(H,58,70)(H,59,72)(H,60,71)(H,61,68)/t31-,33-,34+,35-,36+,37+,38+,39+,40-,44+/m1/s1. The molecule has 1 aromatic rings. The van der Waals surface area contributed by atoms with Gasteiger partial charge >= 0.3 is 0 Å². The van der Waals surface area contributed by atoms with Crippen LogP contribution in [0.4, 0.5) is 0 Å². The molecule has 0 unspecified atom stereocenters. The van der Waals surface area contributed by atoms with Crippen LogP contribution in [0.2, 0.25) is 0 Å². The van der Waals surface area contributed by atoms with Crippen LogP contribution in [-0.2, 0) is 49.6 Å². The van der Waals surface area contributed by atoms with E-state index in [4.69, 9.17) is 22.9 Å². The fourth-order valence-electron chi connectivity index (χ4n) is 8.39. The maximum atomic E-state index is 14.3. The third kappa shape index (κ3) is 23.0. The first-order valence-electron chi connectivity index (χ1n) is 25.6. The van der Waals surface area contributed by atoms with Crippen LogP contribution >= 0.6 is 0 Å². The molecule has 1 aromatic carbocycles. The molecule has 10 atom stereocenters. The summed E-state index contributed by atoms with van der Waals surface area (Å²) in [6.45, 7) is 6.18. The Morgan fingerprint density at radius 2 is 1.24 bits per heavy atom. The van der Waals surface area contributed by atoms with Crippen molar-refractivity contribution in [3.05, 3.63) is 35.9 Å². The van der Waals surface area contributed by atoms with Gasteiger partial charge in [-0.3, -0.25) is 43.2 Å². The van der Waals surface area contributed by atoms with Crippen molar-refractivity contribution in [1.82, 2.24) is 37.2 Å². The number of rotatable bonds is 24. The Labute approximate surface area is 424 Å². The molecule has 0 radical (unpaired) electrons. The zero-order valence-corrected chi connectivity index (χ0v) is 42.8. The first-order valence-corrected chi connectivity index (χ1v) is 25.6. The van der Waals surface area contributed by atoms with Crippen LogP contribution < -0.4 is 60.2 Å². The molecule has 17 N–H and O–H groups in total. The molecule has 0 saturated carbocycles. The van der Waals surface area contributed by atoms with Gasteiger partial charge in [0.25, 0.3) is 0 Å². The Hall–Kier alpha value is -5.39. The van der Waals surface area contributed by atoms with Crippen LogP contribution in [0, 0.1) is 17.8 Å². The molecule has 1 heterocycles. The van der Waals surface area contributed by atoms with Crippen molar-refractivity contribution in [2.24, 2.45) is 40.7 Å². The minimum absolute atomic E-state index is 0.0184. The highest BCUT2D eigenvalue weighted by molar-refractivity contribution is 5.98. The number of amides is 7. The quantitative estimate of drug-likeness (QED) is 0.0516. The second-order valence-corrected chi connectivity index (χ2v) is 19.3. The van der Waals surface area contributed by atoms with Crippen molar-refractivity contribution in [3.8, 4) is 0 Å². The highest BCUT2D eigenvalue weighted by Crippen LogP contribution is 2.19. The number of ketones is 2. The van der Waals surface area contributed by atoms with Crippen LogP contribution in [0.3, 0.4) is 0 Å². The SMILES string of the molecule is CCCCCCC[C@@H](O)CC(=O)N[C@H](CN)C(=O)C[C@H]1CCNC(=O)[C@H](CC(C)C)NC(=O)[C@H](CCN)NC(=O)[C@H](CCN)NC(=O)[C@H]([C@@H](C)O)NC(=O)[C@@H](Cc2ccccc2)CC(=O)[C@H](CCN)NC1=O. The van der Waals surface area contributed by atoms with Gasteiger partial charge in [-0.05, 0) is 83.0 Å². The fourth-order valence-corrected chi connectivity index (χ4v) is 8.39. The number of nitrogens with one attached hydrogen (secondary N) is 7. The zero-order chi connectivity index (χ0) is 53.8. The summed E-state index contributed by atoms with van der Waals surface area (Å²) in [7, 11) is 0. The number of hydrogen-bond donors (Lipinski definition) is 13. The second kappa shape index (κ2) is 34.1. The molecule has 0 aromatic heterocycles. The largest absolute Gasteiger partial charge is 0.393 e. The molecule has 0 spiro atoms. The summed E-state index contributed by atoms with van der Waals surface area (Å²) in [5.74, 6) is -9.21. The van der Waals surface area contributed by atoms with Gasteiger partial charge in [-0.15, -0.1) is 0 Å². The number of aliphatic hydroxyl groups excluding tert-OH is 2. The number of carbonyl (C=O) groups is 9. The van der Waals surface area contributed by atoms with Crippen molar-refractivity contribution < 1.29 is 53.4 Å². The lowest BCUT2D eigenvalue weighted by molar-refractivity contribution is -0.137. The molecular formula is C50H85N11O11. The monoisotopic (exact) mass is 1020 g/mol. The molecule has 0 bridgehead atoms. The predicted octanol–water partition coefficient (Wildman–Crippen LogP) is -1.65. The summed E-state index contributed by atoms with van der Waals surface area (Å²) < 4.78 is 0. The summed E-state index contributed by atoms with van der Waals surface area (Å²) in [6.07, 6.45) is 1.11. The van der Waals surface area contributed by atoms with E-state index in [0.29, 0.717) is 12.0 Å². The Morgan fingerprint density at radius 3 is 1.81 bits per heavy atom. The smallest absolute Gasteiger partial charge is 0.245 e. The van der Waals surface area contributed by atoms with Crippen LogP contribution in [0.1, 0.15) is 123 Å². The fraction of sp³-hybridized carbons (Fsp3) is 0.700. The normalized spacial score (nSPS) is 23.9. The Bertz CT molecular complexity index is 1890. The topological polar surface area (TPSA) is 382 Å². The number of nitrogens with two attached hydrogens (primary N) is 4. The van der Waals surface area contributed by atoms with E-state index in [1.54, 1.807) is 30.3 Å². The summed E-state index contributed by atoms with van der Waals surface area (Å²) in [5, 5.41) is 39.7. The van der Waals surface area contributed by atoms with Gasteiger partial charge in [0.05, 0.1) is 30.7 Å². The Balaban J connectivity index is 2.64. The third-order valence-corrected chi connectivity index (χ3v) is 12.5. The molecule has 406 valence electrons. The van der Waals surface area contributed by atoms with E-state index in [1.165, 1.54) is 6.92 Å². The van der Waals surface area contributed by atoms with Gasteiger partial charge in [-0.25, -0.2) is 0 Å². The van der Waals surface area contributed by atoms with E-state index in [9.17, 15) is 53.4 Å². The molecule has 1 saturated heterocycles. The van der Waals surface area contributed by atoms with Gasteiger partial charge in [0.15, 0.2) is 11.6 Å². The van der Waals surface area contributed by atoms with Gasteiger partial charge in [-0.1, -0.05) is 83.2 Å². The summed E-state index contributed by atoms with van der Waals surface area (Å²) in [4.78, 5) is 125. The average molecular weight is 1020 g/mol. The van der Waals surface area contributed by atoms with Crippen molar-refractivity contribution in [2.45, 2.75) is 172 Å². The molecule has 2 rings (SSSR count). The number of benzene rings is 1. The van der Waals surface area contributed by atoms with E-state index in [0.717, 1.165) is 32.1 Å². The van der Waals surface area contributed by atoms with Crippen LogP contribution in [0.5, 0.6) is 0 Å². The summed E-state index contributed by atoms with van der Waals surface area (Å²) in [5.41, 5.74) is 24.2. The lowest BCUT2D eigenvalue weighted by atomic mass is 9.89. The molecule has 22 nitrogen and oxygen atoms in total. The zero-order valence-electron chi connectivity index (χ0n) is 42.8. The predicted molar refractivity (Wildman–Crippen MR) is 271 cm³/mol. The van der Waals surface area contributed by atoms with E-state index < -0.39 is 126 Å². The van der Waals surface area contributed by atoms with Crippen molar-refractivity contribution in [1.29, 1.82) is 0 Å². The van der Waals surface area contributed by atoms with Crippen molar-refractivity contribution >= 4 is 52.9 Å². The van der Waals surface area contributed by atoms with E-state index in [2.05, 4.69) is 44.1 Å². The number of hydrogen-bond acceptors (Lipinski definition) is 15. The molecule has 0 aliphatic carbocycles. The Kier molecular flexibility index (Phi) is 29.7. The third-order valence-electron chi connectivity index (χ3n) is 12.5. The van der Waals surface area contributed by atoms with Crippen molar-refractivity contribution in [3.63, 3.8) is 0 Å².